The Kier molecular flexibility index (Phi) is 6.18. The molecule has 10 heteroatoms. The molecule has 0 spiro atoms. The maximum atomic E-state index is 13.3. The standard InChI is InChI=1S/C19H20ClN5O4/c1-2-3-9-24-16(21)14(17(26)23-19(24)28)25(11-12-6-5-10-29-12)18(27)13-7-4-8-22-15(13)20/h4-8,10H,2-3,9,11,21H2,1H3,(H,23,26,28). The molecule has 0 aliphatic rings. The number of furan rings is 1. The third-order valence-electron chi connectivity index (χ3n) is 4.35. The molecule has 0 saturated heterocycles. The first kappa shape index (κ1) is 20.4. The number of unbranched alkanes of at least 4 members (excludes halogenated alkanes) is 1. The Labute approximate surface area is 170 Å². The van der Waals surface area contributed by atoms with Crippen LogP contribution in [0.3, 0.4) is 0 Å². The van der Waals surface area contributed by atoms with E-state index in [-0.39, 0.29) is 28.8 Å². The molecule has 0 unspecified atom stereocenters. The van der Waals surface area contributed by atoms with Crippen LogP contribution in [0.15, 0.2) is 50.7 Å². The van der Waals surface area contributed by atoms with Gasteiger partial charge in [0.1, 0.15) is 16.7 Å². The Hall–Kier alpha value is -3.33. The highest BCUT2D eigenvalue weighted by Gasteiger charge is 2.27. The Balaban J connectivity index is 2.16. The summed E-state index contributed by atoms with van der Waals surface area (Å²) in [5, 5.41) is -0.0174. The zero-order chi connectivity index (χ0) is 21.0. The van der Waals surface area contributed by atoms with Crippen LogP contribution in [0.5, 0.6) is 0 Å². The van der Waals surface area contributed by atoms with Gasteiger partial charge in [0.2, 0.25) is 0 Å². The van der Waals surface area contributed by atoms with E-state index in [0.29, 0.717) is 18.7 Å². The number of rotatable bonds is 7. The monoisotopic (exact) mass is 417 g/mol. The second-order valence-electron chi connectivity index (χ2n) is 6.31. The van der Waals surface area contributed by atoms with Gasteiger partial charge in [0, 0.05) is 12.7 Å². The fourth-order valence-corrected chi connectivity index (χ4v) is 3.08. The minimum atomic E-state index is -0.778. The quantitative estimate of drug-likeness (QED) is 0.568. The van der Waals surface area contributed by atoms with Gasteiger partial charge in [0.05, 0.1) is 18.4 Å². The number of amides is 1. The molecule has 0 bridgehead atoms. The molecule has 0 atom stereocenters. The summed E-state index contributed by atoms with van der Waals surface area (Å²) in [6, 6.07) is 6.36. The predicted octanol–water partition coefficient (Wildman–Crippen LogP) is 2.41. The van der Waals surface area contributed by atoms with E-state index in [9.17, 15) is 14.4 Å². The molecule has 0 saturated carbocycles. The van der Waals surface area contributed by atoms with E-state index < -0.39 is 17.2 Å². The summed E-state index contributed by atoms with van der Waals surface area (Å²) in [4.78, 5) is 45.4. The second kappa shape index (κ2) is 8.78. The Morgan fingerprint density at radius 3 is 2.79 bits per heavy atom. The molecule has 1 amide bonds. The van der Waals surface area contributed by atoms with Crippen molar-refractivity contribution in [2.24, 2.45) is 0 Å². The lowest BCUT2D eigenvalue weighted by molar-refractivity contribution is 0.0982. The van der Waals surface area contributed by atoms with E-state index in [1.165, 1.54) is 23.1 Å². The lowest BCUT2D eigenvalue weighted by Crippen LogP contribution is -2.41. The summed E-state index contributed by atoms with van der Waals surface area (Å²) in [7, 11) is 0. The molecule has 3 aromatic heterocycles. The number of aromatic nitrogens is 3. The van der Waals surface area contributed by atoms with Crippen molar-refractivity contribution in [2.75, 3.05) is 10.6 Å². The Bertz CT molecular complexity index is 1120. The van der Waals surface area contributed by atoms with Gasteiger partial charge in [-0.05, 0) is 30.7 Å². The molecule has 9 nitrogen and oxygen atoms in total. The van der Waals surface area contributed by atoms with Gasteiger partial charge in [0.25, 0.3) is 11.5 Å². The Morgan fingerprint density at radius 1 is 1.34 bits per heavy atom. The molecule has 3 N–H and O–H groups in total. The third-order valence-corrected chi connectivity index (χ3v) is 4.65. The number of nitrogen functional groups attached to an aromatic ring is 1. The van der Waals surface area contributed by atoms with Crippen molar-refractivity contribution in [3.8, 4) is 0 Å². The van der Waals surface area contributed by atoms with Crippen molar-refractivity contribution in [3.05, 3.63) is 74.0 Å². The maximum Gasteiger partial charge on any atom is 0.330 e. The van der Waals surface area contributed by atoms with Crippen LogP contribution in [-0.4, -0.2) is 20.4 Å². The van der Waals surface area contributed by atoms with Gasteiger partial charge in [-0.25, -0.2) is 9.78 Å². The number of nitrogens with zero attached hydrogens (tertiary/aromatic N) is 3. The van der Waals surface area contributed by atoms with Crippen molar-refractivity contribution in [2.45, 2.75) is 32.9 Å². The zero-order valence-electron chi connectivity index (χ0n) is 15.7. The van der Waals surface area contributed by atoms with E-state index in [1.807, 2.05) is 6.92 Å². The number of pyridine rings is 1. The first-order valence-electron chi connectivity index (χ1n) is 9.01. The van der Waals surface area contributed by atoms with Crippen LogP contribution in [0.25, 0.3) is 0 Å². The number of H-pyrrole nitrogens is 1. The average Bonchev–Trinajstić information content (AvgIpc) is 3.20. The van der Waals surface area contributed by atoms with Crippen molar-refractivity contribution >= 4 is 29.0 Å². The average molecular weight is 418 g/mol. The summed E-state index contributed by atoms with van der Waals surface area (Å²) in [6.45, 7) is 2.18. The summed E-state index contributed by atoms with van der Waals surface area (Å²) in [5.74, 6) is -0.284. The highest BCUT2D eigenvalue weighted by atomic mass is 35.5. The number of hydrogen-bond donors (Lipinski definition) is 2. The van der Waals surface area contributed by atoms with Gasteiger partial charge in [-0.3, -0.25) is 24.0 Å². The van der Waals surface area contributed by atoms with Crippen LogP contribution < -0.4 is 21.9 Å². The largest absolute Gasteiger partial charge is 0.467 e. The Morgan fingerprint density at radius 2 is 2.14 bits per heavy atom. The van der Waals surface area contributed by atoms with Crippen molar-refractivity contribution in [1.82, 2.24) is 14.5 Å². The van der Waals surface area contributed by atoms with E-state index in [1.54, 1.807) is 18.2 Å². The van der Waals surface area contributed by atoms with Gasteiger partial charge in [-0.15, -0.1) is 0 Å². The van der Waals surface area contributed by atoms with Crippen LogP contribution >= 0.6 is 11.6 Å². The van der Waals surface area contributed by atoms with Gasteiger partial charge in [-0.2, -0.15) is 0 Å². The first-order valence-corrected chi connectivity index (χ1v) is 9.39. The van der Waals surface area contributed by atoms with Crippen LogP contribution in [0.4, 0.5) is 11.5 Å². The van der Waals surface area contributed by atoms with Gasteiger partial charge < -0.3 is 10.2 Å². The first-order chi connectivity index (χ1) is 13.9. The summed E-state index contributed by atoms with van der Waals surface area (Å²) in [6.07, 6.45) is 4.39. The van der Waals surface area contributed by atoms with Crippen LogP contribution in [0.1, 0.15) is 35.9 Å². The van der Waals surface area contributed by atoms with Crippen LogP contribution in [0, 0.1) is 0 Å². The van der Waals surface area contributed by atoms with Gasteiger partial charge in [-0.1, -0.05) is 24.9 Å². The minimum Gasteiger partial charge on any atom is -0.467 e. The number of anilines is 2. The molecular weight excluding hydrogens is 398 g/mol. The van der Waals surface area contributed by atoms with E-state index in [0.717, 1.165) is 11.3 Å². The third kappa shape index (κ3) is 4.24. The lowest BCUT2D eigenvalue weighted by atomic mass is 10.2. The number of carbonyl (C=O) groups is 1. The molecular formula is C19H20ClN5O4. The summed E-state index contributed by atoms with van der Waals surface area (Å²) in [5.41, 5.74) is 4.71. The van der Waals surface area contributed by atoms with Gasteiger partial charge >= 0.3 is 5.69 Å². The highest BCUT2D eigenvalue weighted by molar-refractivity contribution is 6.33. The molecule has 0 aliphatic heterocycles. The molecule has 0 radical (unpaired) electrons. The molecule has 3 heterocycles. The SMILES string of the molecule is CCCCn1c(N)c(N(Cc2ccco2)C(=O)c2cccnc2Cl)c(=O)[nH]c1=O. The van der Waals surface area contributed by atoms with E-state index in [2.05, 4.69) is 9.97 Å². The number of nitrogens with one attached hydrogen (secondary N) is 1. The summed E-state index contributed by atoms with van der Waals surface area (Å²) >= 11 is 6.08. The van der Waals surface area contributed by atoms with Crippen LogP contribution in [-0.2, 0) is 13.1 Å². The molecule has 29 heavy (non-hydrogen) atoms. The zero-order valence-corrected chi connectivity index (χ0v) is 16.5. The van der Waals surface area contributed by atoms with Crippen LogP contribution in [0.2, 0.25) is 5.15 Å². The fourth-order valence-electron chi connectivity index (χ4n) is 2.88. The maximum absolute atomic E-state index is 13.3. The molecule has 3 aromatic rings. The van der Waals surface area contributed by atoms with Gasteiger partial charge in [0.15, 0.2) is 5.69 Å². The minimum absolute atomic E-state index is 0.0174. The van der Waals surface area contributed by atoms with E-state index >= 15 is 0 Å². The smallest absolute Gasteiger partial charge is 0.330 e. The van der Waals surface area contributed by atoms with Crippen molar-refractivity contribution in [3.63, 3.8) is 0 Å². The highest BCUT2D eigenvalue weighted by Crippen LogP contribution is 2.24. The number of nitrogens with two attached hydrogens (primary N) is 1. The number of aromatic amines is 1. The number of halogens is 1. The predicted molar refractivity (Wildman–Crippen MR) is 109 cm³/mol. The lowest BCUT2D eigenvalue weighted by Gasteiger charge is -2.24. The fraction of sp³-hybridized carbons (Fsp3) is 0.263. The number of hydrogen-bond acceptors (Lipinski definition) is 6. The molecule has 0 aromatic carbocycles. The van der Waals surface area contributed by atoms with Crippen molar-refractivity contribution in [1.29, 1.82) is 0 Å². The molecule has 3 rings (SSSR count). The second-order valence-corrected chi connectivity index (χ2v) is 6.67. The molecule has 0 fully saturated rings. The molecule has 152 valence electrons. The number of carbonyl (C=O) groups excluding carboxylic acids is 1. The van der Waals surface area contributed by atoms with Crippen molar-refractivity contribution < 1.29 is 9.21 Å². The topological polar surface area (TPSA) is 127 Å². The normalized spacial score (nSPS) is 10.8. The molecule has 0 aliphatic carbocycles. The summed E-state index contributed by atoms with van der Waals surface area (Å²) < 4.78 is 6.58. The van der Waals surface area contributed by atoms with E-state index in [4.69, 9.17) is 21.8 Å².